The number of rotatable bonds is 11. The average Bonchev–Trinajstić information content (AvgIpc) is 3.61. The number of aryl methyl sites for hydroxylation is 1. The minimum atomic E-state index is -0.950. The molecule has 0 radical (unpaired) electrons. The smallest absolute Gasteiger partial charge is 0.0983 e. The number of halogens is 1. The number of pyridine rings is 2. The van der Waals surface area contributed by atoms with Crippen LogP contribution in [-0.2, 0) is 45.4 Å². The van der Waals surface area contributed by atoms with Crippen LogP contribution in [0.15, 0.2) is 79.3 Å². The lowest BCUT2D eigenvalue weighted by Crippen LogP contribution is -2.37. The average molecular weight is 719 g/mol. The third-order valence-corrected chi connectivity index (χ3v) is 11.4. The molecule has 4 N–H and O–H groups in total. The molecule has 2 aliphatic heterocycles. The molecule has 0 fully saturated rings. The van der Waals surface area contributed by atoms with Crippen LogP contribution < -0.4 is 5.32 Å². The molecule has 6 aromatic rings. The molecule has 0 amide bonds. The Balaban J connectivity index is 0.916. The van der Waals surface area contributed by atoms with Gasteiger partial charge in [0, 0.05) is 120 Å². The van der Waals surface area contributed by atoms with Gasteiger partial charge in [0.25, 0.3) is 0 Å². The molecule has 6 heterocycles. The number of hydrogen-bond acceptors (Lipinski definition) is 7. The summed E-state index contributed by atoms with van der Waals surface area (Å²) in [5.74, 6) is 0. The van der Waals surface area contributed by atoms with E-state index >= 15 is 0 Å². The second kappa shape index (κ2) is 14.4. The molecule has 0 spiro atoms. The van der Waals surface area contributed by atoms with E-state index in [2.05, 4.69) is 55.5 Å². The van der Waals surface area contributed by atoms with Gasteiger partial charge in [-0.2, -0.15) is 0 Å². The van der Waals surface area contributed by atoms with Gasteiger partial charge < -0.3 is 29.8 Å². The summed E-state index contributed by atoms with van der Waals surface area (Å²) in [6.45, 7) is 9.07. The van der Waals surface area contributed by atoms with Crippen LogP contribution in [0.4, 0.5) is 0 Å². The van der Waals surface area contributed by atoms with Gasteiger partial charge in [-0.3, -0.25) is 14.9 Å². The molecule has 3 unspecified atom stereocenters. The quantitative estimate of drug-likeness (QED) is 0.126. The van der Waals surface area contributed by atoms with Gasteiger partial charge in [-0.15, -0.1) is 0 Å². The molecule has 52 heavy (non-hydrogen) atoms. The van der Waals surface area contributed by atoms with Crippen molar-refractivity contribution in [2.75, 3.05) is 19.6 Å². The molecule has 0 saturated heterocycles. The van der Waals surface area contributed by atoms with Crippen molar-refractivity contribution in [3.8, 4) is 0 Å². The van der Waals surface area contributed by atoms with E-state index in [1.54, 1.807) is 18.6 Å². The van der Waals surface area contributed by atoms with Crippen LogP contribution in [-0.4, -0.2) is 64.6 Å². The Morgan fingerprint density at radius 2 is 1.58 bits per heavy atom. The lowest BCUT2D eigenvalue weighted by molar-refractivity contribution is 0.0370. The normalized spacial score (nSPS) is 17.2. The fourth-order valence-electron chi connectivity index (χ4n) is 8.34. The third kappa shape index (κ3) is 7.01. The van der Waals surface area contributed by atoms with Crippen LogP contribution in [0.5, 0.6) is 0 Å². The summed E-state index contributed by atoms with van der Waals surface area (Å²) in [7, 11) is 0. The zero-order valence-corrected chi connectivity index (χ0v) is 30.7. The zero-order chi connectivity index (χ0) is 36.0. The first-order valence-corrected chi connectivity index (χ1v) is 18.8. The highest BCUT2D eigenvalue weighted by molar-refractivity contribution is 6.31. The zero-order valence-electron chi connectivity index (χ0n) is 29.9. The summed E-state index contributed by atoms with van der Waals surface area (Å²) in [6, 6.07) is 20.2. The molecular weight excluding hydrogens is 672 g/mol. The lowest BCUT2D eigenvalue weighted by Gasteiger charge is -2.31. The van der Waals surface area contributed by atoms with Crippen molar-refractivity contribution >= 4 is 33.4 Å². The van der Waals surface area contributed by atoms with Gasteiger partial charge in [-0.25, -0.2) is 0 Å². The number of benzene rings is 2. The molecule has 2 aliphatic rings. The SMILES string of the molecule is Cc1ccc2c(c1)c1c(n2CC(O)c2ccc(CC(C)(O)CCN3CCc4c(c5cc(Cl)ccc5n4CC(O)c4ccncc4)C3)nc2)CCNC1. The van der Waals surface area contributed by atoms with E-state index < -0.39 is 17.8 Å². The van der Waals surface area contributed by atoms with Gasteiger partial charge >= 0.3 is 0 Å². The van der Waals surface area contributed by atoms with Crippen molar-refractivity contribution in [3.63, 3.8) is 0 Å². The summed E-state index contributed by atoms with van der Waals surface area (Å²) < 4.78 is 4.54. The molecule has 0 bridgehead atoms. The van der Waals surface area contributed by atoms with E-state index in [9.17, 15) is 15.3 Å². The van der Waals surface area contributed by atoms with Crippen molar-refractivity contribution in [1.82, 2.24) is 29.3 Å². The molecule has 0 aliphatic carbocycles. The van der Waals surface area contributed by atoms with E-state index in [1.165, 1.54) is 39.0 Å². The molecule has 8 rings (SSSR count). The summed E-state index contributed by atoms with van der Waals surface area (Å²) in [5, 5.41) is 40.5. The summed E-state index contributed by atoms with van der Waals surface area (Å²) >= 11 is 6.48. The number of aromatic nitrogens is 4. The fourth-order valence-corrected chi connectivity index (χ4v) is 8.51. The molecule has 0 saturated carbocycles. The minimum Gasteiger partial charge on any atom is -0.390 e. The Bertz CT molecular complexity index is 2210. The van der Waals surface area contributed by atoms with Crippen molar-refractivity contribution < 1.29 is 15.3 Å². The number of aliphatic hydroxyl groups excluding tert-OH is 2. The molecule has 2 aromatic carbocycles. The minimum absolute atomic E-state index is 0.423. The molecule has 10 heteroatoms. The highest BCUT2D eigenvalue weighted by atomic mass is 35.5. The summed E-state index contributed by atoms with van der Waals surface area (Å²) in [6.07, 6.45) is 6.64. The van der Waals surface area contributed by atoms with E-state index in [-0.39, 0.29) is 0 Å². The first-order chi connectivity index (χ1) is 25.1. The highest BCUT2D eigenvalue weighted by Crippen LogP contribution is 2.35. The summed E-state index contributed by atoms with van der Waals surface area (Å²) in [4.78, 5) is 11.2. The number of nitrogens with zero attached hydrogens (tertiary/aromatic N) is 5. The second-order valence-corrected chi connectivity index (χ2v) is 15.5. The number of aliphatic hydroxyl groups is 3. The van der Waals surface area contributed by atoms with Crippen LogP contribution in [0.1, 0.15) is 70.5 Å². The second-order valence-electron chi connectivity index (χ2n) is 15.0. The van der Waals surface area contributed by atoms with Crippen molar-refractivity contribution in [1.29, 1.82) is 0 Å². The van der Waals surface area contributed by atoms with Gasteiger partial charge in [-0.1, -0.05) is 29.3 Å². The standard InChI is InChI=1S/C42H47ClN6O3/c1-27-3-7-36-32(19-27)34-23-45-16-11-38(34)48(36)26-41(51)29-4-6-31(46-22-29)21-42(2,52)13-18-47-17-12-39-35(24-47)33-20-30(43)5-8-37(33)49(39)25-40(50)28-9-14-44-15-10-28/h3-10,14-15,19-20,22,40-41,45,50-52H,11-13,16-18,21,23-26H2,1-2H3. The first-order valence-electron chi connectivity index (χ1n) is 18.4. The third-order valence-electron chi connectivity index (χ3n) is 11.1. The Labute approximate surface area is 309 Å². The predicted molar refractivity (Wildman–Crippen MR) is 205 cm³/mol. The molecule has 3 atom stereocenters. The lowest BCUT2D eigenvalue weighted by atomic mass is 9.94. The van der Waals surface area contributed by atoms with Crippen LogP contribution in [0, 0.1) is 6.92 Å². The van der Waals surface area contributed by atoms with Crippen LogP contribution in [0.25, 0.3) is 21.8 Å². The molecule has 4 aromatic heterocycles. The maximum absolute atomic E-state index is 11.5. The van der Waals surface area contributed by atoms with E-state index in [1.807, 2.05) is 43.3 Å². The van der Waals surface area contributed by atoms with Crippen LogP contribution >= 0.6 is 11.6 Å². The van der Waals surface area contributed by atoms with E-state index in [0.717, 1.165) is 73.3 Å². The Morgan fingerprint density at radius 1 is 0.865 bits per heavy atom. The highest BCUT2D eigenvalue weighted by Gasteiger charge is 2.29. The van der Waals surface area contributed by atoms with Gasteiger partial charge in [0.05, 0.1) is 30.9 Å². The molecule has 270 valence electrons. The van der Waals surface area contributed by atoms with Gasteiger partial charge in [0.1, 0.15) is 0 Å². The molecule has 9 nitrogen and oxygen atoms in total. The summed E-state index contributed by atoms with van der Waals surface area (Å²) in [5.41, 5.74) is 10.1. The monoisotopic (exact) mass is 718 g/mol. The Morgan fingerprint density at radius 3 is 2.33 bits per heavy atom. The topological polar surface area (TPSA) is 112 Å². The van der Waals surface area contributed by atoms with Crippen LogP contribution in [0.3, 0.4) is 0 Å². The van der Waals surface area contributed by atoms with Gasteiger partial charge in [-0.05, 0) is 85.5 Å². The number of nitrogens with one attached hydrogen (secondary N) is 1. The van der Waals surface area contributed by atoms with Gasteiger partial charge in [0.15, 0.2) is 0 Å². The van der Waals surface area contributed by atoms with Crippen molar-refractivity contribution in [2.24, 2.45) is 0 Å². The fraction of sp³-hybridized carbons (Fsp3) is 0.381. The van der Waals surface area contributed by atoms with E-state index in [4.69, 9.17) is 16.6 Å². The predicted octanol–water partition coefficient (Wildman–Crippen LogP) is 6.20. The maximum Gasteiger partial charge on any atom is 0.0983 e. The van der Waals surface area contributed by atoms with Gasteiger partial charge in [0.2, 0.25) is 0 Å². The van der Waals surface area contributed by atoms with Crippen molar-refractivity contribution in [2.45, 2.75) is 83.5 Å². The first kappa shape index (κ1) is 35.0. The van der Waals surface area contributed by atoms with Crippen LogP contribution in [0.2, 0.25) is 5.02 Å². The maximum atomic E-state index is 11.5. The van der Waals surface area contributed by atoms with Crippen molar-refractivity contribution in [3.05, 3.63) is 129 Å². The number of fused-ring (bicyclic) bond motifs is 6. The Hall–Kier alpha value is -4.09. The number of hydrogen-bond donors (Lipinski definition) is 4. The molecular formula is C42H47ClN6O3. The van der Waals surface area contributed by atoms with E-state index in [0.29, 0.717) is 31.0 Å². The Kier molecular flexibility index (Phi) is 9.67. The largest absolute Gasteiger partial charge is 0.390 e.